The van der Waals surface area contributed by atoms with Gasteiger partial charge in [-0.05, 0) is 36.4 Å². The molecule has 0 N–H and O–H groups in total. The van der Waals surface area contributed by atoms with Crippen LogP contribution in [0.4, 0.5) is 0 Å². The molecule has 0 atom stereocenters. The third-order valence-electron chi connectivity index (χ3n) is 5.82. The normalized spacial score (nSPS) is 13.4. The number of para-hydroxylation sites is 2. The average molecular weight is 350 g/mol. The Bertz CT molecular complexity index is 1470. The first-order valence-electron chi connectivity index (χ1n) is 8.85. The summed E-state index contributed by atoms with van der Waals surface area (Å²) in [6, 6.07) is 21.1. The van der Waals surface area contributed by atoms with Gasteiger partial charge in [-0.3, -0.25) is 18.8 Å². The molecule has 0 saturated heterocycles. The summed E-state index contributed by atoms with van der Waals surface area (Å²) in [4.78, 5) is 26.2. The van der Waals surface area contributed by atoms with Gasteiger partial charge in [-0.25, -0.2) is 9.36 Å². The van der Waals surface area contributed by atoms with Gasteiger partial charge in [0.1, 0.15) is 0 Å². The van der Waals surface area contributed by atoms with Crippen molar-refractivity contribution in [1.29, 1.82) is 0 Å². The van der Waals surface area contributed by atoms with Gasteiger partial charge in [0.05, 0.1) is 33.2 Å². The molecule has 0 saturated carbocycles. The molecule has 126 valence electrons. The fraction of sp³-hybridized carbons (Fsp3) is 0. The third-order valence-corrected chi connectivity index (χ3v) is 5.82. The number of fused-ring (bicyclic) bond motifs is 10. The van der Waals surface area contributed by atoms with Crippen LogP contribution in [0.15, 0.2) is 76.3 Å². The quantitative estimate of drug-likeness (QED) is 0.388. The Balaban J connectivity index is 1.77. The van der Waals surface area contributed by atoms with Crippen molar-refractivity contribution in [1.82, 2.24) is 18.5 Å². The first-order chi connectivity index (χ1) is 13.3. The molecule has 4 heterocycles. The average Bonchev–Trinajstić information content (AvgIpc) is 3.39. The Morgan fingerprint density at radius 1 is 0.593 bits per heavy atom. The van der Waals surface area contributed by atoms with E-state index in [0.29, 0.717) is 10.8 Å². The Morgan fingerprint density at radius 2 is 1.07 bits per heavy atom. The van der Waals surface area contributed by atoms with E-state index in [-0.39, 0.29) is 18.1 Å². The molecule has 27 heavy (non-hydrogen) atoms. The van der Waals surface area contributed by atoms with Crippen LogP contribution in [0.25, 0.3) is 33.2 Å². The van der Waals surface area contributed by atoms with Crippen molar-refractivity contribution >= 4 is 34.3 Å². The van der Waals surface area contributed by atoms with E-state index in [2.05, 4.69) is 0 Å². The third kappa shape index (κ3) is 1.29. The van der Waals surface area contributed by atoms with Crippen molar-refractivity contribution < 1.29 is 0 Å². The predicted octanol–water partition coefficient (Wildman–Crippen LogP) is 1.32. The van der Waals surface area contributed by atoms with Gasteiger partial charge in [0, 0.05) is 5.46 Å². The maximum Gasteiger partial charge on any atom is 0.456 e. The molecule has 3 aromatic carbocycles. The van der Waals surface area contributed by atoms with Gasteiger partial charge >= 0.3 is 6.98 Å². The molecule has 0 unspecified atom stereocenters. The molecule has 2 aliphatic rings. The minimum Gasteiger partial charge on any atom is -0.291 e. The number of rotatable bonds is 0. The zero-order chi connectivity index (χ0) is 17.9. The van der Waals surface area contributed by atoms with E-state index in [4.69, 9.17) is 0 Å². The summed E-state index contributed by atoms with van der Waals surface area (Å²) < 4.78 is 7.52. The molecule has 6 nitrogen and oxygen atoms in total. The predicted molar refractivity (Wildman–Crippen MR) is 105 cm³/mol. The number of benzene rings is 3. The van der Waals surface area contributed by atoms with Crippen LogP contribution in [0.5, 0.6) is 0 Å². The zero-order valence-corrected chi connectivity index (χ0v) is 14.0. The minimum absolute atomic E-state index is 0.0289. The zero-order valence-electron chi connectivity index (χ0n) is 14.0. The van der Waals surface area contributed by atoms with Crippen molar-refractivity contribution in [2.45, 2.75) is 0 Å². The molecule has 0 radical (unpaired) electrons. The smallest absolute Gasteiger partial charge is 0.291 e. The van der Waals surface area contributed by atoms with Crippen LogP contribution in [0, 0.1) is 0 Å². The van der Waals surface area contributed by atoms with Crippen LogP contribution in [0.2, 0.25) is 0 Å². The number of nitrogens with zero attached hydrogens (tertiary/aromatic N) is 4. The highest BCUT2D eigenvalue weighted by molar-refractivity contribution is 6.75. The summed E-state index contributed by atoms with van der Waals surface area (Å²) in [6.07, 6.45) is 0. The van der Waals surface area contributed by atoms with E-state index in [9.17, 15) is 9.59 Å². The monoisotopic (exact) mass is 350 g/mol. The van der Waals surface area contributed by atoms with E-state index in [0.717, 1.165) is 27.9 Å². The number of hydrogen-bond acceptors (Lipinski definition) is 2. The van der Waals surface area contributed by atoms with Crippen LogP contribution in [0.1, 0.15) is 0 Å². The Kier molecular flexibility index (Phi) is 2.07. The molecule has 7 heteroatoms. The van der Waals surface area contributed by atoms with E-state index in [1.807, 2.05) is 75.9 Å². The first kappa shape index (κ1) is 13.5. The van der Waals surface area contributed by atoms with E-state index in [1.165, 1.54) is 0 Å². The molecule has 0 spiro atoms. The van der Waals surface area contributed by atoms with E-state index >= 15 is 0 Å². The molecule has 2 aliphatic heterocycles. The van der Waals surface area contributed by atoms with Gasteiger partial charge in [-0.15, -0.1) is 0 Å². The van der Waals surface area contributed by atoms with Gasteiger partial charge in [0.15, 0.2) is 0 Å². The lowest BCUT2D eigenvalue weighted by atomic mass is 9.69. The minimum atomic E-state index is -0.253. The molecular weight excluding hydrogens is 339 g/mol. The first-order valence-corrected chi connectivity index (χ1v) is 8.85. The summed E-state index contributed by atoms with van der Waals surface area (Å²) in [5, 5.41) is 1.37. The summed E-state index contributed by atoms with van der Waals surface area (Å²) in [5.74, 6) is 0. The Labute approximate surface area is 152 Å². The maximum absolute atomic E-state index is 13.1. The highest BCUT2D eigenvalue weighted by Gasteiger charge is 2.46. The fourth-order valence-electron chi connectivity index (χ4n) is 4.80. The van der Waals surface area contributed by atoms with Gasteiger partial charge in [0.2, 0.25) is 0 Å². The van der Waals surface area contributed by atoms with Crippen LogP contribution < -0.4 is 16.6 Å². The van der Waals surface area contributed by atoms with Gasteiger partial charge in [0.25, 0.3) is 11.1 Å². The van der Waals surface area contributed by atoms with E-state index in [1.54, 1.807) is 9.36 Å². The number of hydrogen-bond donors (Lipinski definition) is 0. The second kappa shape index (κ2) is 4.15. The lowest BCUT2D eigenvalue weighted by molar-refractivity contribution is 0.750. The molecule has 7 rings (SSSR count). The molecule has 0 fully saturated rings. The van der Waals surface area contributed by atoms with Crippen LogP contribution >= 0.6 is 0 Å². The van der Waals surface area contributed by atoms with Crippen molar-refractivity contribution in [3.63, 3.8) is 0 Å². The van der Waals surface area contributed by atoms with Gasteiger partial charge in [-0.2, -0.15) is 0 Å². The summed E-state index contributed by atoms with van der Waals surface area (Å²) in [5.41, 5.74) is 4.37. The van der Waals surface area contributed by atoms with E-state index < -0.39 is 0 Å². The van der Waals surface area contributed by atoms with Crippen LogP contribution in [0.3, 0.4) is 0 Å². The van der Waals surface area contributed by atoms with Crippen molar-refractivity contribution in [3.8, 4) is 11.4 Å². The molecule has 0 bridgehead atoms. The fourth-order valence-corrected chi connectivity index (χ4v) is 4.80. The molecular formula is C20H11BN4O2. The SMILES string of the molecule is O=c1c2ccccc2n2n1-c1cccc3c1B2n1c2ccccc2c(=O)n1-3. The standard InChI is InChI=1S/C20H11BN4O2/c26-19-12-6-1-3-8-14(12)24-21-18-16(22(19)24)10-5-11-17(18)23-20(27)13-7-2-4-9-15(13)25(21)23/h1-11H. The maximum atomic E-state index is 13.1. The lowest BCUT2D eigenvalue weighted by Crippen LogP contribution is -2.39. The van der Waals surface area contributed by atoms with Crippen LogP contribution in [-0.2, 0) is 0 Å². The molecule has 5 aromatic rings. The largest absolute Gasteiger partial charge is 0.456 e. The van der Waals surface area contributed by atoms with Crippen molar-refractivity contribution in [2.24, 2.45) is 0 Å². The Morgan fingerprint density at radius 3 is 1.59 bits per heavy atom. The summed E-state index contributed by atoms with van der Waals surface area (Å²) in [6.45, 7) is -0.253. The Hall–Kier alpha value is -3.74. The van der Waals surface area contributed by atoms with Crippen molar-refractivity contribution in [2.75, 3.05) is 0 Å². The highest BCUT2D eigenvalue weighted by atomic mass is 16.1. The molecule has 2 aromatic heterocycles. The lowest BCUT2D eigenvalue weighted by Gasteiger charge is -2.12. The summed E-state index contributed by atoms with van der Waals surface area (Å²) >= 11 is 0. The second-order valence-electron chi connectivity index (χ2n) is 7.04. The highest BCUT2D eigenvalue weighted by Crippen LogP contribution is 2.29. The van der Waals surface area contributed by atoms with Crippen molar-refractivity contribution in [3.05, 3.63) is 87.4 Å². The van der Waals surface area contributed by atoms with Gasteiger partial charge < -0.3 is 0 Å². The van der Waals surface area contributed by atoms with Gasteiger partial charge in [-0.1, -0.05) is 30.3 Å². The summed E-state index contributed by atoms with van der Waals surface area (Å²) in [7, 11) is 0. The van der Waals surface area contributed by atoms with Crippen LogP contribution in [-0.4, -0.2) is 25.5 Å². The molecule has 0 amide bonds. The second-order valence-corrected chi connectivity index (χ2v) is 7.04. The topological polar surface area (TPSA) is 53.9 Å². The number of aromatic nitrogens is 4. The molecule has 0 aliphatic carbocycles.